The zero-order chi connectivity index (χ0) is 13.4. The van der Waals surface area contributed by atoms with E-state index in [-0.39, 0.29) is 11.9 Å². The van der Waals surface area contributed by atoms with Gasteiger partial charge in [-0.2, -0.15) is 0 Å². The van der Waals surface area contributed by atoms with Crippen molar-refractivity contribution in [3.05, 3.63) is 35.9 Å². The molecule has 0 aliphatic rings. The molecule has 0 unspecified atom stereocenters. The molecule has 0 atom stereocenters. The van der Waals surface area contributed by atoms with Gasteiger partial charge < -0.3 is 9.64 Å². The van der Waals surface area contributed by atoms with E-state index in [1.165, 1.54) is 5.56 Å². The van der Waals surface area contributed by atoms with E-state index in [1.54, 1.807) is 0 Å². The van der Waals surface area contributed by atoms with Crippen LogP contribution in [-0.4, -0.2) is 37.6 Å². The predicted molar refractivity (Wildman–Crippen MR) is 73.4 cm³/mol. The molecule has 18 heavy (non-hydrogen) atoms. The van der Waals surface area contributed by atoms with Gasteiger partial charge >= 0.3 is 5.97 Å². The molecule has 0 aliphatic heterocycles. The van der Waals surface area contributed by atoms with Crippen molar-refractivity contribution in [1.82, 2.24) is 4.90 Å². The molecule has 1 aromatic carbocycles. The highest BCUT2D eigenvalue weighted by molar-refractivity contribution is 5.71. The van der Waals surface area contributed by atoms with Crippen molar-refractivity contribution < 1.29 is 9.53 Å². The maximum Gasteiger partial charge on any atom is 0.308 e. The van der Waals surface area contributed by atoms with Crippen molar-refractivity contribution >= 4 is 5.97 Å². The molecule has 0 spiro atoms. The van der Waals surface area contributed by atoms with Crippen molar-refractivity contribution in [3.63, 3.8) is 0 Å². The first-order chi connectivity index (χ1) is 8.59. The number of hydrogen-bond acceptors (Lipinski definition) is 3. The lowest BCUT2D eigenvalue weighted by Crippen LogP contribution is -2.27. The van der Waals surface area contributed by atoms with Crippen molar-refractivity contribution in [2.24, 2.45) is 5.92 Å². The third-order valence-corrected chi connectivity index (χ3v) is 2.81. The molecule has 0 amide bonds. The topological polar surface area (TPSA) is 29.5 Å². The molecule has 0 radical (unpaired) electrons. The van der Waals surface area contributed by atoms with Gasteiger partial charge in [-0.05, 0) is 19.0 Å². The van der Waals surface area contributed by atoms with Gasteiger partial charge in [-0.25, -0.2) is 0 Å². The first-order valence-corrected chi connectivity index (χ1v) is 6.48. The maximum atomic E-state index is 11.3. The van der Waals surface area contributed by atoms with Gasteiger partial charge in [0.2, 0.25) is 0 Å². The zero-order valence-corrected chi connectivity index (χ0v) is 11.6. The lowest BCUT2D eigenvalue weighted by Gasteiger charge is -2.16. The van der Waals surface area contributed by atoms with Gasteiger partial charge in [-0.1, -0.05) is 44.2 Å². The van der Waals surface area contributed by atoms with Crippen LogP contribution in [-0.2, 0) is 16.0 Å². The van der Waals surface area contributed by atoms with Crippen LogP contribution < -0.4 is 0 Å². The van der Waals surface area contributed by atoms with Crippen LogP contribution in [0.2, 0.25) is 0 Å². The average molecular weight is 249 g/mol. The van der Waals surface area contributed by atoms with Crippen LogP contribution in [0.15, 0.2) is 30.3 Å². The van der Waals surface area contributed by atoms with Crippen molar-refractivity contribution in [2.75, 3.05) is 26.7 Å². The Bertz CT molecular complexity index is 349. The summed E-state index contributed by atoms with van der Waals surface area (Å²) >= 11 is 0. The Morgan fingerprint density at radius 3 is 2.50 bits per heavy atom. The number of likely N-dealkylation sites (N-methyl/N-ethyl adjacent to an activating group) is 1. The van der Waals surface area contributed by atoms with Crippen LogP contribution in [0, 0.1) is 5.92 Å². The zero-order valence-electron chi connectivity index (χ0n) is 11.6. The van der Waals surface area contributed by atoms with Crippen molar-refractivity contribution in [3.8, 4) is 0 Å². The van der Waals surface area contributed by atoms with E-state index >= 15 is 0 Å². The van der Waals surface area contributed by atoms with Crippen LogP contribution in [0.1, 0.15) is 19.4 Å². The van der Waals surface area contributed by atoms with Gasteiger partial charge in [0.05, 0.1) is 5.92 Å². The minimum atomic E-state index is -0.119. The Labute approximate surface area is 110 Å². The Kier molecular flexibility index (Phi) is 6.44. The summed E-state index contributed by atoms with van der Waals surface area (Å²) in [5.74, 6) is -0.161. The molecule has 3 heteroatoms. The minimum absolute atomic E-state index is 0.0420. The van der Waals surface area contributed by atoms with Gasteiger partial charge in [-0.3, -0.25) is 4.79 Å². The Hall–Kier alpha value is -1.35. The van der Waals surface area contributed by atoms with E-state index < -0.39 is 0 Å². The first-order valence-electron chi connectivity index (χ1n) is 6.48. The molecule has 0 fully saturated rings. The molecular weight excluding hydrogens is 226 g/mol. The fourth-order valence-corrected chi connectivity index (χ4v) is 1.55. The number of rotatable bonds is 7. The summed E-state index contributed by atoms with van der Waals surface area (Å²) in [6.45, 7) is 5.93. The van der Waals surface area contributed by atoms with Gasteiger partial charge in [0.15, 0.2) is 0 Å². The predicted octanol–water partition coefficient (Wildman–Crippen LogP) is 2.36. The minimum Gasteiger partial charge on any atom is -0.464 e. The van der Waals surface area contributed by atoms with Crippen LogP contribution in [0.5, 0.6) is 0 Å². The number of carbonyl (C=O) groups is 1. The summed E-state index contributed by atoms with van der Waals surface area (Å²) in [4.78, 5) is 13.4. The van der Waals surface area contributed by atoms with E-state index in [2.05, 4.69) is 29.2 Å². The highest BCUT2D eigenvalue weighted by Crippen LogP contribution is 2.01. The average Bonchev–Trinajstić information content (AvgIpc) is 2.37. The van der Waals surface area contributed by atoms with Gasteiger partial charge in [-0.15, -0.1) is 0 Å². The second kappa shape index (κ2) is 7.88. The fraction of sp³-hybridized carbons (Fsp3) is 0.533. The number of ether oxygens (including phenoxy) is 1. The van der Waals surface area contributed by atoms with Crippen LogP contribution in [0.3, 0.4) is 0 Å². The fourth-order valence-electron chi connectivity index (χ4n) is 1.55. The highest BCUT2D eigenvalue weighted by Gasteiger charge is 2.08. The molecular formula is C15H23NO2. The van der Waals surface area contributed by atoms with Gasteiger partial charge in [0, 0.05) is 13.1 Å². The van der Waals surface area contributed by atoms with Gasteiger partial charge in [0.25, 0.3) is 0 Å². The summed E-state index contributed by atoms with van der Waals surface area (Å²) < 4.78 is 5.15. The highest BCUT2D eigenvalue weighted by atomic mass is 16.5. The largest absolute Gasteiger partial charge is 0.464 e. The Balaban J connectivity index is 2.14. The lowest BCUT2D eigenvalue weighted by atomic mass is 10.1. The first kappa shape index (κ1) is 14.7. The summed E-state index contributed by atoms with van der Waals surface area (Å²) in [7, 11) is 2.05. The summed E-state index contributed by atoms with van der Waals surface area (Å²) in [5, 5.41) is 0. The van der Waals surface area contributed by atoms with E-state index in [1.807, 2.05) is 27.0 Å². The number of esters is 1. The van der Waals surface area contributed by atoms with E-state index in [0.717, 1.165) is 19.5 Å². The van der Waals surface area contributed by atoms with Crippen LogP contribution in [0.4, 0.5) is 0 Å². The molecule has 0 bridgehead atoms. The molecule has 3 nitrogen and oxygen atoms in total. The van der Waals surface area contributed by atoms with Crippen molar-refractivity contribution in [2.45, 2.75) is 20.3 Å². The third kappa shape index (κ3) is 5.82. The number of benzene rings is 1. The molecule has 0 aromatic heterocycles. The number of carbonyl (C=O) groups excluding carboxylic acids is 1. The third-order valence-electron chi connectivity index (χ3n) is 2.81. The molecule has 0 N–H and O–H groups in total. The van der Waals surface area contributed by atoms with E-state index in [9.17, 15) is 4.79 Å². The number of nitrogens with zero attached hydrogens (tertiary/aromatic N) is 1. The molecule has 100 valence electrons. The second-order valence-corrected chi connectivity index (χ2v) is 4.86. The molecule has 0 saturated heterocycles. The van der Waals surface area contributed by atoms with Gasteiger partial charge in [0.1, 0.15) is 6.61 Å². The molecule has 0 saturated carbocycles. The Morgan fingerprint density at radius 1 is 1.22 bits per heavy atom. The van der Waals surface area contributed by atoms with E-state index in [0.29, 0.717) is 6.61 Å². The summed E-state index contributed by atoms with van der Waals surface area (Å²) in [6, 6.07) is 10.4. The van der Waals surface area contributed by atoms with E-state index in [4.69, 9.17) is 4.74 Å². The monoisotopic (exact) mass is 249 g/mol. The standard InChI is InChI=1S/C15H23NO2/c1-13(2)15(17)18-12-11-16(3)10-9-14-7-5-4-6-8-14/h4-8,13H,9-12H2,1-3H3. The molecule has 0 aliphatic carbocycles. The summed E-state index contributed by atoms with van der Waals surface area (Å²) in [6.07, 6.45) is 1.02. The second-order valence-electron chi connectivity index (χ2n) is 4.86. The normalized spacial score (nSPS) is 10.9. The Morgan fingerprint density at radius 2 is 1.89 bits per heavy atom. The summed E-state index contributed by atoms with van der Waals surface area (Å²) in [5.41, 5.74) is 1.34. The van der Waals surface area contributed by atoms with Crippen LogP contribution in [0.25, 0.3) is 0 Å². The smallest absolute Gasteiger partial charge is 0.308 e. The lowest BCUT2D eigenvalue weighted by molar-refractivity contribution is -0.147. The number of hydrogen-bond donors (Lipinski definition) is 0. The molecule has 1 aromatic rings. The molecule has 0 heterocycles. The molecule has 1 rings (SSSR count). The van der Waals surface area contributed by atoms with Crippen LogP contribution >= 0.6 is 0 Å². The maximum absolute atomic E-state index is 11.3. The quantitative estimate of drug-likeness (QED) is 0.695. The SMILES string of the molecule is CC(C)C(=O)OCCN(C)CCc1ccccc1. The van der Waals surface area contributed by atoms with Crippen molar-refractivity contribution in [1.29, 1.82) is 0 Å².